The van der Waals surface area contributed by atoms with E-state index in [-0.39, 0.29) is 18.4 Å². The number of nitrogens with zero attached hydrogens (tertiary/aromatic N) is 1. The Labute approximate surface area is 121 Å². The zero-order valence-electron chi connectivity index (χ0n) is 12.0. The van der Waals surface area contributed by atoms with Crippen molar-refractivity contribution < 1.29 is 10.2 Å². The first-order valence-electron chi connectivity index (χ1n) is 6.56. The van der Waals surface area contributed by atoms with Crippen LogP contribution < -0.4 is 5.32 Å². The summed E-state index contributed by atoms with van der Waals surface area (Å²) < 4.78 is 0. The Bertz CT molecular complexity index is 336. The molecule has 110 valence electrons. The molecular formula is C14H25ClN2O2. The fraction of sp³-hybridized carbons (Fsp3) is 0.571. The molecule has 1 fully saturated rings. The van der Waals surface area contributed by atoms with Gasteiger partial charge in [-0.1, -0.05) is 32.0 Å². The standard InChI is InChI=1S/C12H19ClN2O2.C2H6/c1-9(3-4-12(13)10(2)17)15-6-5-14-11(7-15)8-16;1-2/h3-4,11,14,16-17H,1,5-8H2,2H3;1-2H3/b4-3-,12-10-;. The number of aliphatic hydroxyl groups excluding tert-OH is 2. The van der Waals surface area contributed by atoms with E-state index < -0.39 is 0 Å². The van der Waals surface area contributed by atoms with Crippen LogP contribution in [0.3, 0.4) is 0 Å². The monoisotopic (exact) mass is 288 g/mol. The predicted molar refractivity (Wildman–Crippen MR) is 81.3 cm³/mol. The minimum Gasteiger partial charge on any atom is -0.511 e. The second-order valence-corrected chi connectivity index (χ2v) is 4.44. The van der Waals surface area contributed by atoms with Gasteiger partial charge in [-0.05, 0) is 19.1 Å². The Hall–Kier alpha value is -0.970. The molecule has 1 unspecified atom stereocenters. The molecule has 0 aliphatic carbocycles. The molecule has 1 heterocycles. The van der Waals surface area contributed by atoms with E-state index in [9.17, 15) is 0 Å². The molecule has 1 atom stereocenters. The number of hydrogen-bond acceptors (Lipinski definition) is 4. The van der Waals surface area contributed by atoms with Crippen LogP contribution in [0.1, 0.15) is 20.8 Å². The first-order valence-corrected chi connectivity index (χ1v) is 6.94. The fourth-order valence-corrected chi connectivity index (χ4v) is 1.67. The van der Waals surface area contributed by atoms with Crippen molar-refractivity contribution in [3.63, 3.8) is 0 Å². The van der Waals surface area contributed by atoms with Crippen molar-refractivity contribution in [3.8, 4) is 0 Å². The first-order chi connectivity index (χ1) is 9.04. The van der Waals surface area contributed by atoms with Gasteiger partial charge in [0.1, 0.15) is 5.76 Å². The average Bonchev–Trinajstić information content (AvgIpc) is 2.46. The minimum absolute atomic E-state index is 0.0829. The van der Waals surface area contributed by atoms with Gasteiger partial charge < -0.3 is 20.4 Å². The van der Waals surface area contributed by atoms with Gasteiger partial charge in [0.2, 0.25) is 0 Å². The highest BCUT2D eigenvalue weighted by molar-refractivity contribution is 6.31. The summed E-state index contributed by atoms with van der Waals surface area (Å²) in [5.74, 6) is 0.0873. The number of rotatable bonds is 4. The highest BCUT2D eigenvalue weighted by Crippen LogP contribution is 2.12. The fourth-order valence-electron chi connectivity index (χ4n) is 1.60. The quantitative estimate of drug-likeness (QED) is 0.549. The third kappa shape index (κ3) is 6.66. The second kappa shape index (κ2) is 9.89. The van der Waals surface area contributed by atoms with Crippen LogP contribution >= 0.6 is 11.6 Å². The van der Waals surface area contributed by atoms with Gasteiger partial charge in [0.25, 0.3) is 0 Å². The molecule has 1 saturated heterocycles. The summed E-state index contributed by atoms with van der Waals surface area (Å²) in [7, 11) is 0. The lowest BCUT2D eigenvalue weighted by molar-refractivity contribution is 0.175. The summed E-state index contributed by atoms with van der Waals surface area (Å²) >= 11 is 5.79. The molecule has 3 N–H and O–H groups in total. The maximum absolute atomic E-state index is 9.13. The van der Waals surface area contributed by atoms with Crippen LogP contribution in [0.5, 0.6) is 0 Å². The SMILES string of the molecule is C=C(/C=C\C(Cl)=C(/C)O)N1CCNC(CO)C1.CC. The third-order valence-electron chi connectivity index (χ3n) is 2.65. The summed E-state index contributed by atoms with van der Waals surface area (Å²) in [6.45, 7) is 12.0. The summed E-state index contributed by atoms with van der Waals surface area (Å²) in [4.78, 5) is 2.07. The van der Waals surface area contributed by atoms with Crippen LogP contribution in [0.2, 0.25) is 0 Å². The number of piperazine rings is 1. The van der Waals surface area contributed by atoms with Crippen molar-refractivity contribution in [3.05, 3.63) is 35.2 Å². The highest BCUT2D eigenvalue weighted by Gasteiger charge is 2.18. The van der Waals surface area contributed by atoms with Crippen LogP contribution in [-0.2, 0) is 0 Å². The normalized spacial score (nSPS) is 20.7. The molecule has 19 heavy (non-hydrogen) atoms. The zero-order chi connectivity index (χ0) is 14.8. The summed E-state index contributed by atoms with van der Waals surface area (Å²) in [6.07, 6.45) is 3.39. The van der Waals surface area contributed by atoms with Crippen LogP contribution in [-0.4, -0.2) is 47.4 Å². The topological polar surface area (TPSA) is 55.7 Å². The number of nitrogens with one attached hydrogen (secondary N) is 1. The number of allylic oxidation sites excluding steroid dienone is 4. The molecule has 0 bridgehead atoms. The lowest BCUT2D eigenvalue weighted by Crippen LogP contribution is -2.51. The van der Waals surface area contributed by atoms with Crippen LogP contribution in [0.15, 0.2) is 35.2 Å². The first kappa shape index (κ1) is 18.0. The van der Waals surface area contributed by atoms with Crippen molar-refractivity contribution in [2.24, 2.45) is 0 Å². The van der Waals surface area contributed by atoms with E-state index >= 15 is 0 Å². The van der Waals surface area contributed by atoms with Gasteiger partial charge in [0.05, 0.1) is 11.6 Å². The maximum atomic E-state index is 9.13. The van der Waals surface area contributed by atoms with E-state index in [4.69, 9.17) is 21.8 Å². The van der Waals surface area contributed by atoms with Crippen molar-refractivity contribution in [1.29, 1.82) is 0 Å². The molecule has 0 aromatic rings. The van der Waals surface area contributed by atoms with Gasteiger partial charge in [-0.3, -0.25) is 0 Å². The molecule has 0 aromatic heterocycles. The number of aliphatic hydroxyl groups is 2. The predicted octanol–water partition coefficient (Wildman–Crippen LogP) is 2.38. The smallest absolute Gasteiger partial charge is 0.108 e. The molecule has 4 nitrogen and oxygen atoms in total. The Morgan fingerprint density at radius 2 is 2.11 bits per heavy atom. The van der Waals surface area contributed by atoms with Crippen molar-refractivity contribution in [2.45, 2.75) is 26.8 Å². The van der Waals surface area contributed by atoms with Gasteiger partial charge in [0, 0.05) is 31.4 Å². The van der Waals surface area contributed by atoms with Gasteiger partial charge in [-0.2, -0.15) is 0 Å². The van der Waals surface area contributed by atoms with Gasteiger partial charge >= 0.3 is 0 Å². The number of halogens is 1. The molecule has 0 saturated carbocycles. The van der Waals surface area contributed by atoms with Crippen molar-refractivity contribution in [2.75, 3.05) is 26.2 Å². The van der Waals surface area contributed by atoms with Gasteiger partial charge in [-0.25, -0.2) is 0 Å². The molecule has 1 aliphatic heterocycles. The largest absolute Gasteiger partial charge is 0.511 e. The van der Waals surface area contributed by atoms with Gasteiger partial charge in [-0.15, -0.1) is 0 Å². The Kier molecular flexibility index (Phi) is 9.39. The Balaban J connectivity index is 0.00000154. The minimum atomic E-state index is 0.0829. The van der Waals surface area contributed by atoms with Crippen molar-refractivity contribution in [1.82, 2.24) is 10.2 Å². The van der Waals surface area contributed by atoms with E-state index in [0.29, 0.717) is 5.03 Å². The van der Waals surface area contributed by atoms with E-state index in [1.54, 1.807) is 12.2 Å². The second-order valence-electron chi connectivity index (χ2n) is 4.04. The molecule has 0 aromatic carbocycles. The lowest BCUT2D eigenvalue weighted by Gasteiger charge is -2.34. The van der Waals surface area contributed by atoms with Gasteiger partial charge in [0.15, 0.2) is 0 Å². The van der Waals surface area contributed by atoms with Crippen LogP contribution in [0.4, 0.5) is 0 Å². The van der Waals surface area contributed by atoms with E-state index in [0.717, 1.165) is 25.3 Å². The molecule has 0 spiro atoms. The Morgan fingerprint density at radius 1 is 1.47 bits per heavy atom. The van der Waals surface area contributed by atoms with E-state index in [1.807, 2.05) is 13.8 Å². The molecular weight excluding hydrogens is 264 g/mol. The van der Waals surface area contributed by atoms with E-state index in [2.05, 4.69) is 16.8 Å². The zero-order valence-corrected chi connectivity index (χ0v) is 12.7. The molecule has 1 rings (SSSR count). The Morgan fingerprint density at radius 3 is 2.63 bits per heavy atom. The van der Waals surface area contributed by atoms with E-state index in [1.165, 1.54) is 6.92 Å². The summed E-state index contributed by atoms with van der Waals surface area (Å²) in [5, 5.41) is 21.7. The van der Waals surface area contributed by atoms with Crippen LogP contribution in [0.25, 0.3) is 0 Å². The number of hydrogen-bond donors (Lipinski definition) is 3. The van der Waals surface area contributed by atoms with Crippen LogP contribution in [0, 0.1) is 0 Å². The van der Waals surface area contributed by atoms with Crippen molar-refractivity contribution >= 4 is 11.6 Å². The average molecular weight is 289 g/mol. The molecule has 1 aliphatic rings. The molecule has 0 amide bonds. The highest BCUT2D eigenvalue weighted by atomic mass is 35.5. The third-order valence-corrected chi connectivity index (χ3v) is 3.05. The molecule has 0 radical (unpaired) electrons. The lowest BCUT2D eigenvalue weighted by atomic mass is 10.2. The maximum Gasteiger partial charge on any atom is 0.108 e. The molecule has 5 heteroatoms. The summed E-state index contributed by atoms with van der Waals surface area (Å²) in [5.41, 5.74) is 0.823. The summed E-state index contributed by atoms with van der Waals surface area (Å²) in [6, 6.07) is 0.0829.